The van der Waals surface area contributed by atoms with E-state index in [-0.39, 0.29) is 23.1 Å². The third kappa shape index (κ3) is 3.92. The van der Waals surface area contributed by atoms with Gasteiger partial charge in [-0.3, -0.25) is 19.1 Å². The Labute approximate surface area is 186 Å². The quantitative estimate of drug-likeness (QED) is 0.520. The van der Waals surface area contributed by atoms with Gasteiger partial charge >= 0.3 is 0 Å². The van der Waals surface area contributed by atoms with Crippen molar-refractivity contribution in [2.24, 2.45) is 7.05 Å². The number of aromatic nitrogens is 1. The van der Waals surface area contributed by atoms with Crippen molar-refractivity contribution >= 4 is 46.1 Å². The summed E-state index contributed by atoms with van der Waals surface area (Å²) in [4.78, 5) is 32.5. The molecule has 2 aliphatic heterocycles. The van der Waals surface area contributed by atoms with E-state index in [1.54, 1.807) is 18.9 Å². The monoisotopic (exact) mass is 445 g/mol. The number of likely N-dealkylation sites (N-methyl/N-ethyl adjacent to an activating group) is 1. The van der Waals surface area contributed by atoms with Gasteiger partial charge in [-0.1, -0.05) is 30.9 Å². The van der Waals surface area contributed by atoms with Gasteiger partial charge in [0.05, 0.1) is 4.91 Å². The molecule has 0 aromatic carbocycles. The minimum absolute atomic E-state index is 0.0244. The van der Waals surface area contributed by atoms with Crippen molar-refractivity contribution in [3.63, 3.8) is 0 Å². The van der Waals surface area contributed by atoms with Gasteiger partial charge in [0.25, 0.3) is 11.5 Å². The Morgan fingerprint density at radius 3 is 2.43 bits per heavy atom. The van der Waals surface area contributed by atoms with Gasteiger partial charge in [0.15, 0.2) is 0 Å². The van der Waals surface area contributed by atoms with Crippen LogP contribution in [-0.4, -0.2) is 63.9 Å². The fourth-order valence-electron chi connectivity index (χ4n) is 3.79. The summed E-state index contributed by atoms with van der Waals surface area (Å²) in [6, 6.07) is 2.07. The average molecular weight is 446 g/mol. The molecule has 0 radical (unpaired) electrons. The molecule has 160 valence electrons. The lowest BCUT2D eigenvalue weighted by Gasteiger charge is -2.36. The maximum atomic E-state index is 13.1. The van der Waals surface area contributed by atoms with Crippen molar-refractivity contribution in [3.8, 4) is 6.07 Å². The Kier molecular flexibility index (Phi) is 6.70. The van der Waals surface area contributed by atoms with Gasteiger partial charge in [-0.2, -0.15) is 5.26 Å². The Morgan fingerprint density at radius 2 is 1.87 bits per heavy atom. The molecule has 0 spiro atoms. The second-order valence-corrected chi connectivity index (χ2v) is 9.49. The van der Waals surface area contributed by atoms with E-state index < -0.39 is 0 Å². The number of nitriles is 1. The molecule has 1 aromatic heterocycles. The van der Waals surface area contributed by atoms with Crippen LogP contribution in [0.5, 0.6) is 0 Å². The number of thioether (sulfide) groups is 1. The third-order valence-corrected chi connectivity index (χ3v) is 7.23. The van der Waals surface area contributed by atoms with Gasteiger partial charge < -0.3 is 9.80 Å². The molecule has 2 saturated heterocycles. The number of carbonyl (C=O) groups is 1. The minimum atomic E-state index is -0.312. The molecule has 0 bridgehead atoms. The van der Waals surface area contributed by atoms with E-state index in [1.165, 1.54) is 16.3 Å². The number of rotatable bonds is 4. The van der Waals surface area contributed by atoms with Crippen LogP contribution in [0.2, 0.25) is 0 Å². The first-order valence-corrected chi connectivity index (χ1v) is 11.3. The molecule has 9 heteroatoms. The van der Waals surface area contributed by atoms with E-state index >= 15 is 0 Å². The third-order valence-electron chi connectivity index (χ3n) is 5.90. The highest BCUT2D eigenvalue weighted by atomic mass is 32.2. The van der Waals surface area contributed by atoms with Crippen molar-refractivity contribution in [1.29, 1.82) is 5.26 Å². The Hall–Kier alpha value is -2.15. The SMILES string of the molecule is CCC(C)N1C(=O)/C(=C/c2c(C)c(C#N)c(=O)n(C)c2N2CCN(C)CC2)SC1=S. The van der Waals surface area contributed by atoms with Gasteiger partial charge in [0.2, 0.25) is 0 Å². The Balaban J connectivity index is 2.16. The number of hydrogen-bond donors (Lipinski definition) is 0. The molecule has 2 fully saturated rings. The molecule has 0 saturated carbocycles. The molecule has 1 aromatic rings. The zero-order valence-corrected chi connectivity index (χ0v) is 19.7. The predicted octanol–water partition coefficient (Wildman–Crippen LogP) is 2.32. The van der Waals surface area contributed by atoms with Crippen molar-refractivity contribution in [3.05, 3.63) is 31.9 Å². The largest absolute Gasteiger partial charge is 0.355 e. The lowest BCUT2D eigenvalue weighted by atomic mass is 10.0. The zero-order valence-electron chi connectivity index (χ0n) is 18.1. The van der Waals surface area contributed by atoms with E-state index in [4.69, 9.17) is 12.2 Å². The highest BCUT2D eigenvalue weighted by molar-refractivity contribution is 8.26. The summed E-state index contributed by atoms with van der Waals surface area (Å²) in [5, 5.41) is 9.58. The van der Waals surface area contributed by atoms with Crippen LogP contribution >= 0.6 is 24.0 Å². The van der Waals surface area contributed by atoms with Crippen molar-refractivity contribution in [2.45, 2.75) is 33.2 Å². The molecule has 1 amide bonds. The van der Waals surface area contributed by atoms with Crippen LogP contribution in [0.4, 0.5) is 5.82 Å². The van der Waals surface area contributed by atoms with Gasteiger partial charge in [-0.25, -0.2) is 0 Å². The first kappa shape index (κ1) is 22.5. The Bertz CT molecular complexity index is 1020. The molecule has 1 atom stereocenters. The van der Waals surface area contributed by atoms with E-state index in [1.807, 2.05) is 26.0 Å². The van der Waals surface area contributed by atoms with Gasteiger partial charge in [0.1, 0.15) is 21.8 Å². The predicted molar refractivity (Wildman–Crippen MR) is 126 cm³/mol. The smallest absolute Gasteiger partial charge is 0.270 e. The summed E-state index contributed by atoms with van der Waals surface area (Å²) in [6.07, 6.45) is 2.62. The van der Waals surface area contributed by atoms with Crippen molar-refractivity contribution in [1.82, 2.24) is 14.4 Å². The first-order chi connectivity index (χ1) is 14.2. The summed E-state index contributed by atoms with van der Waals surface area (Å²) in [7, 11) is 3.76. The Morgan fingerprint density at radius 1 is 1.23 bits per heavy atom. The zero-order chi connectivity index (χ0) is 22.2. The molecule has 2 aliphatic rings. The number of piperazine rings is 1. The maximum absolute atomic E-state index is 13.1. The van der Waals surface area contributed by atoms with Crippen LogP contribution in [0.3, 0.4) is 0 Å². The van der Waals surface area contributed by atoms with E-state index in [0.29, 0.717) is 14.8 Å². The van der Waals surface area contributed by atoms with E-state index in [0.717, 1.165) is 44.0 Å². The number of thiocarbonyl (C=S) groups is 1. The lowest BCUT2D eigenvalue weighted by Crippen LogP contribution is -2.46. The summed E-state index contributed by atoms with van der Waals surface area (Å²) in [5.41, 5.74) is 1.14. The minimum Gasteiger partial charge on any atom is -0.355 e. The summed E-state index contributed by atoms with van der Waals surface area (Å²) in [5.74, 6) is 0.633. The van der Waals surface area contributed by atoms with Crippen LogP contribution in [0.1, 0.15) is 37.0 Å². The molecule has 7 nitrogen and oxygen atoms in total. The number of nitrogens with zero attached hydrogens (tertiary/aromatic N) is 5. The summed E-state index contributed by atoms with van der Waals surface area (Å²) >= 11 is 6.74. The average Bonchev–Trinajstić information content (AvgIpc) is 3.00. The van der Waals surface area contributed by atoms with Crippen molar-refractivity contribution < 1.29 is 4.79 Å². The van der Waals surface area contributed by atoms with Gasteiger partial charge in [-0.15, -0.1) is 0 Å². The standard InChI is InChI=1S/C21H27N5O2S2/c1-6-13(2)26-20(28)17(30-21(26)29)11-15-14(3)16(12-22)19(27)24(5)18(15)25-9-7-23(4)8-10-25/h11,13H,6-10H2,1-5H3/b17-11-. The second kappa shape index (κ2) is 8.92. The van der Waals surface area contributed by atoms with E-state index in [2.05, 4.69) is 16.8 Å². The number of hydrogen-bond acceptors (Lipinski definition) is 7. The molecule has 0 N–H and O–H groups in total. The highest BCUT2D eigenvalue weighted by Gasteiger charge is 2.35. The number of amides is 1. The number of anilines is 1. The molecule has 30 heavy (non-hydrogen) atoms. The first-order valence-electron chi connectivity index (χ1n) is 10.0. The maximum Gasteiger partial charge on any atom is 0.270 e. The van der Waals surface area contributed by atoms with Gasteiger partial charge in [-0.05, 0) is 39.0 Å². The van der Waals surface area contributed by atoms with E-state index in [9.17, 15) is 14.9 Å². The topological polar surface area (TPSA) is 72.6 Å². The normalized spacial score (nSPS) is 20.2. The molecule has 3 rings (SSSR count). The van der Waals surface area contributed by atoms with Crippen LogP contribution in [0.25, 0.3) is 6.08 Å². The highest BCUT2D eigenvalue weighted by Crippen LogP contribution is 2.37. The van der Waals surface area contributed by atoms with Gasteiger partial charge in [0, 0.05) is 44.8 Å². The fourth-order valence-corrected chi connectivity index (χ4v) is 5.23. The lowest BCUT2D eigenvalue weighted by molar-refractivity contribution is -0.123. The molecule has 0 aliphatic carbocycles. The van der Waals surface area contributed by atoms with Crippen LogP contribution < -0.4 is 10.5 Å². The van der Waals surface area contributed by atoms with Crippen molar-refractivity contribution in [2.75, 3.05) is 38.1 Å². The molecule has 3 heterocycles. The second-order valence-electron chi connectivity index (χ2n) is 7.81. The van der Waals surface area contributed by atoms with Crippen LogP contribution in [0, 0.1) is 18.3 Å². The van der Waals surface area contributed by atoms with Crippen LogP contribution in [-0.2, 0) is 11.8 Å². The summed E-state index contributed by atoms with van der Waals surface area (Å²) in [6.45, 7) is 9.07. The number of pyridine rings is 1. The molecule has 1 unspecified atom stereocenters. The fraction of sp³-hybridized carbons (Fsp3) is 0.524. The van der Waals surface area contributed by atoms with Crippen LogP contribution in [0.15, 0.2) is 9.70 Å². The number of carbonyl (C=O) groups excluding carboxylic acids is 1. The summed E-state index contributed by atoms with van der Waals surface area (Å²) < 4.78 is 2.09. The molecular formula is C21H27N5O2S2. The molecular weight excluding hydrogens is 418 g/mol.